The van der Waals surface area contributed by atoms with Gasteiger partial charge in [-0.15, -0.1) is 12.3 Å². The van der Waals surface area contributed by atoms with Gasteiger partial charge in [0.1, 0.15) is 5.82 Å². The van der Waals surface area contributed by atoms with Gasteiger partial charge in [-0.2, -0.15) is 0 Å². The van der Waals surface area contributed by atoms with Gasteiger partial charge in [0.15, 0.2) is 0 Å². The lowest BCUT2D eigenvalue weighted by Crippen LogP contribution is -2.24. The minimum absolute atomic E-state index is 0.00979. The highest BCUT2D eigenvalue weighted by Gasteiger charge is 2.07. The van der Waals surface area contributed by atoms with Crippen molar-refractivity contribution in [2.45, 2.75) is 19.3 Å². The van der Waals surface area contributed by atoms with E-state index in [9.17, 15) is 9.18 Å². The molecule has 0 aliphatic carbocycles. The molecule has 1 rings (SSSR count). The van der Waals surface area contributed by atoms with Crippen LogP contribution in [0.1, 0.15) is 29.6 Å². The lowest BCUT2D eigenvalue weighted by molar-refractivity contribution is 0.0952. The zero-order valence-electron chi connectivity index (χ0n) is 9.30. The van der Waals surface area contributed by atoms with Gasteiger partial charge in [-0.25, -0.2) is 4.39 Å². The first kappa shape index (κ1) is 13.5. The zero-order valence-corrected chi connectivity index (χ0v) is 10.1. The van der Waals surface area contributed by atoms with Crippen molar-refractivity contribution in [2.24, 2.45) is 0 Å². The second-order valence-electron chi connectivity index (χ2n) is 3.55. The Bertz CT molecular complexity index is 440. The predicted octanol–water partition coefficient (Wildman–Crippen LogP) is 3.01. The van der Waals surface area contributed by atoms with E-state index in [4.69, 9.17) is 18.0 Å². The lowest BCUT2D eigenvalue weighted by Gasteiger charge is -2.05. The average Bonchev–Trinajstić information content (AvgIpc) is 2.32. The fraction of sp³-hybridized carbons (Fsp3) is 0.308. The molecule has 0 heterocycles. The van der Waals surface area contributed by atoms with E-state index in [2.05, 4.69) is 11.2 Å². The maximum atomic E-state index is 13.1. The molecule has 0 unspecified atom stereocenters. The molecule has 0 radical (unpaired) electrons. The van der Waals surface area contributed by atoms with Crippen molar-refractivity contribution < 1.29 is 9.18 Å². The number of hydrogen-bond donors (Lipinski definition) is 1. The molecule has 0 aliphatic heterocycles. The van der Waals surface area contributed by atoms with Gasteiger partial charge in [-0.05, 0) is 31.0 Å². The highest BCUT2D eigenvalue weighted by Crippen LogP contribution is 2.15. The molecule has 1 amide bonds. The minimum Gasteiger partial charge on any atom is -0.352 e. The Kier molecular flexibility index (Phi) is 5.51. The molecule has 0 atom stereocenters. The van der Waals surface area contributed by atoms with Crippen molar-refractivity contribution in [3.63, 3.8) is 0 Å². The normalized spacial score (nSPS) is 9.71. The summed E-state index contributed by atoms with van der Waals surface area (Å²) in [5.74, 6) is 1.63. The first-order chi connectivity index (χ1) is 8.15. The number of benzene rings is 1. The number of terminal acetylenes is 1. The number of rotatable bonds is 5. The molecule has 1 aromatic carbocycles. The summed E-state index contributed by atoms with van der Waals surface area (Å²) >= 11 is 5.52. The topological polar surface area (TPSA) is 29.1 Å². The van der Waals surface area contributed by atoms with Gasteiger partial charge in [-0.1, -0.05) is 11.6 Å². The Balaban J connectivity index is 2.42. The quantitative estimate of drug-likeness (QED) is 0.634. The van der Waals surface area contributed by atoms with E-state index >= 15 is 0 Å². The van der Waals surface area contributed by atoms with Crippen LogP contribution < -0.4 is 5.32 Å². The minimum atomic E-state index is -0.591. The zero-order chi connectivity index (χ0) is 12.7. The van der Waals surface area contributed by atoms with Crippen LogP contribution in [0.15, 0.2) is 18.2 Å². The molecule has 0 aromatic heterocycles. The van der Waals surface area contributed by atoms with Crippen molar-refractivity contribution >= 4 is 17.5 Å². The van der Waals surface area contributed by atoms with Gasteiger partial charge < -0.3 is 5.32 Å². The standard InChI is InChI=1S/C13H13ClFNO/c1-2-3-4-5-8-16-13(17)10-6-7-11(14)12(15)9-10/h1,6-7,9H,3-5,8H2,(H,16,17). The Morgan fingerprint density at radius 2 is 2.24 bits per heavy atom. The molecule has 0 spiro atoms. The highest BCUT2D eigenvalue weighted by molar-refractivity contribution is 6.30. The van der Waals surface area contributed by atoms with E-state index < -0.39 is 5.82 Å². The fourth-order valence-electron chi connectivity index (χ4n) is 1.29. The maximum Gasteiger partial charge on any atom is 0.251 e. The third-order valence-corrected chi connectivity index (χ3v) is 2.52. The number of nitrogens with one attached hydrogen (secondary N) is 1. The molecule has 90 valence electrons. The van der Waals surface area contributed by atoms with Gasteiger partial charge in [0.05, 0.1) is 5.02 Å². The van der Waals surface area contributed by atoms with E-state index in [-0.39, 0.29) is 16.5 Å². The summed E-state index contributed by atoms with van der Waals surface area (Å²) in [6.07, 6.45) is 7.48. The molecule has 1 aromatic rings. The van der Waals surface area contributed by atoms with Crippen LogP contribution in [0, 0.1) is 18.2 Å². The second-order valence-corrected chi connectivity index (χ2v) is 3.95. The molecule has 17 heavy (non-hydrogen) atoms. The average molecular weight is 254 g/mol. The van der Waals surface area contributed by atoms with E-state index in [1.165, 1.54) is 12.1 Å². The van der Waals surface area contributed by atoms with Gasteiger partial charge in [0.25, 0.3) is 5.91 Å². The Labute approximate surface area is 105 Å². The lowest BCUT2D eigenvalue weighted by atomic mass is 10.2. The Hall–Kier alpha value is -1.53. The molecule has 2 nitrogen and oxygen atoms in total. The Morgan fingerprint density at radius 1 is 1.47 bits per heavy atom. The van der Waals surface area contributed by atoms with Crippen LogP contribution in [0.5, 0.6) is 0 Å². The monoisotopic (exact) mass is 253 g/mol. The molecule has 0 saturated carbocycles. The van der Waals surface area contributed by atoms with Gasteiger partial charge in [0, 0.05) is 18.5 Å². The fourth-order valence-corrected chi connectivity index (χ4v) is 1.41. The van der Waals surface area contributed by atoms with Crippen molar-refractivity contribution in [3.05, 3.63) is 34.6 Å². The van der Waals surface area contributed by atoms with Crippen molar-refractivity contribution in [1.82, 2.24) is 5.32 Å². The van der Waals surface area contributed by atoms with Crippen LogP contribution in [0.3, 0.4) is 0 Å². The molecule has 0 fully saturated rings. The van der Waals surface area contributed by atoms with Gasteiger partial charge >= 0.3 is 0 Å². The molecule has 0 bridgehead atoms. The number of unbranched alkanes of at least 4 members (excludes halogenated alkanes) is 2. The van der Waals surface area contributed by atoms with Crippen LogP contribution >= 0.6 is 11.6 Å². The van der Waals surface area contributed by atoms with Crippen LogP contribution in [0.2, 0.25) is 5.02 Å². The van der Waals surface area contributed by atoms with Gasteiger partial charge in [0.2, 0.25) is 0 Å². The number of carbonyl (C=O) groups excluding carboxylic acids is 1. The molecule has 4 heteroatoms. The summed E-state index contributed by atoms with van der Waals surface area (Å²) in [6, 6.07) is 3.98. The number of hydrogen-bond acceptors (Lipinski definition) is 1. The van der Waals surface area contributed by atoms with Crippen molar-refractivity contribution in [1.29, 1.82) is 0 Å². The maximum absolute atomic E-state index is 13.1. The molecular formula is C13H13ClFNO. The van der Waals surface area contributed by atoms with Crippen LogP contribution in [0.25, 0.3) is 0 Å². The SMILES string of the molecule is C#CCCCCNC(=O)c1ccc(Cl)c(F)c1. The molecular weight excluding hydrogens is 241 g/mol. The predicted molar refractivity (Wildman–Crippen MR) is 66.4 cm³/mol. The smallest absolute Gasteiger partial charge is 0.251 e. The van der Waals surface area contributed by atoms with Gasteiger partial charge in [-0.3, -0.25) is 4.79 Å². The number of amides is 1. The summed E-state index contributed by atoms with van der Waals surface area (Å²) in [6.45, 7) is 0.532. The molecule has 1 N–H and O–H groups in total. The summed E-state index contributed by atoms with van der Waals surface area (Å²) < 4.78 is 13.1. The van der Waals surface area contributed by atoms with Crippen LogP contribution in [-0.4, -0.2) is 12.5 Å². The second kappa shape index (κ2) is 6.93. The summed E-state index contributed by atoms with van der Waals surface area (Å²) in [5.41, 5.74) is 0.267. The Morgan fingerprint density at radius 3 is 2.88 bits per heavy atom. The van der Waals surface area contributed by atoms with Crippen molar-refractivity contribution in [3.8, 4) is 12.3 Å². The summed E-state index contributed by atoms with van der Waals surface area (Å²) in [5, 5.41) is 2.70. The van der Waals surface area contributed by atoms with E-state index in [0.29, 0.717) is 13.0 Å². The first-order valence-corrected chi connectivity index (χ1v) is 5.69. The third-order valence-electron chi connectivity index (χ3n) is 2.22. The largest absolute Gasteiger partial charge is 0.352 e. The van der Waals surface area contributed by atoms with E-state index in [0.717, 1.165) is 18.9 Å². The first-order valence-electron chi connectivity index (χ1n) is 5.32. The number of halogens is 2. The molecule has 0 aliphatic rings. The van der Waals surface area contributed by atoms with Crippen molar-refractivity contribution in [2.75, 3.05) is 6.54 Å². The van der Waals surface area contributed by atoms with E-state index in [1.54, 1.807) is 0 Å². The highest BCUT2D eigenvalue weighted by atomic mass is 35.5. The summed E-state index contributed by atoms with van der Waals surface area (Å²) in [7, 11) is 0. The van der Waals surface area contributed by atoms with E-state index in [1.807, 2.05) is 0 Å². The summed E-state index contributed by atoms with van der Waals surface area (Å²) in [4.78, 5) is 11.6. The third kappa shape index (κ3) is 4.46. The number of carbonyl (C=O) groups is 1. The molecule has 0 saturated heterocycles. The van der Waals surface area contributed by atoms with Crippen LogP contribution in [-0.2, 0) is 0 Å². The van der Waals surface area contributed by atoms with Crippen LogP contribution in [0.4, 0.5) is 4.39 Å².